The molecule has 0 aliphatic heterocycles. The van der Waals surface area contributed by atoms with E-state index < -0.39 is 11.6 Å². The van der Waals surface area contributed by atoms with Gasteiger partial charge in [-0.15, -0.1) is 11.3 Å². The molecule has 0 bridgehead atoms. The van der Waals surface area contributed by atoms with Gasteiger partial charge in [0.05, 0.1) is 0 Å². The van der Waals surface area contributed by atoms with Crippen LogP contribution >= 0.6 is 11.3 Å². The fraction of sp³-hybridized carbons (Fsp3) is 0.0833. The first-order valence-electron chi connectivity index (χ1n) is 9.48. The molecular formula is C24H18F2N2O2S. The second kappa shape index (κ2) is 9.06. The molecule has 4 nitrogen and oxygen atoms in total. The molecule has 1 heterocycles. The summed E-state index contributed by atoms with van der Waals surface area (Å²) < 4.78 is 32.7. The zero-order valence-corrected chi connectivity index (χ0v) is 17.4. The number of rotatable bonds is 6. The number of aromatic nitrogens is 1. The normalized spacial score (nSPS) is 10.7. The number of thiazole rings is 1. The largest absolute Gasteiger partial charge is 0.489 e. The van der Waals surface area contributed by atoms with Gasteiger partial charge < -0.3 is 10.1 Å². The summed E-state index contributed by atoms with van der Waals surface area (Å²) in [6.07, 6.45) is 0. The minimum absolute atomic E-state index is 0.102. The Labute approximate surface area is 182 Å². The molecule has 31 heavy (non-hydrogen) atoms. The Morgan fingerprint density at radius 2 is 1.87 bits per heavy atom. The van der Waals surface area contributed by atoms with Crippen LogP contribution in [-0.4, -0.2) is 10.9 Å². The third-order valence-electron chi connectivity index (χ3n) is 4.53. The van der Waals surface area contributed by atoms with Crippen LogP contribution in [0.4, 0.5) is 14.5 Å². The van der Waals surface area contributed by atoms with Crippen molar-refractivity contribution >= 4 is 22.9 Å². The van der Waals surface area contributed by atoms with Crippen LogP contribution in [0.25, 0.3) is 10.6 Å². The van der Waals surface area contributed by atoms with Gasteiger partial charge in [0.2, 0.25) is 0 Å². The van der Waals surface area contributed by atoms with E-state index in [4.69, 9.17) is 4.74 Å². The van der Waals surface area contributed by atoms with E-state index in [1.165, 1.54) is 11.3 Å². The zero-order chi connectivity index (χ0) is 21.8. The van der Waals surface area contributed by atoms with Gasteiger partial charge in [0.1, 0.15) is 34.7 Å². The average Bonchev–Trinajstić information content (AvgIpc) is 3.27. The number of amides is 1. The van der Waals surface area contributed by atoms with Crippen molar-refractivity contribution in [3.05, 3.63) is 101 Å². The first-order valence-corrected chi connectivity index (χ1v) is 10.4. The Morgan fingerprint density at radius 3 is 2.68 bits per heavy atom. The number of aryl methyl sites for hydroxylation is 1. The first-order chi connectivity index (χ1) is 15.0. The first kappa shape index (κ1) is 20.7. The molecule has 0 spiro atoms. The molecule has 0 aliphatic rings. The Kier molecular flexibility index (Phi) is 6.04. The highest BCUT2D eigenvalue weighted by molar-refractivity contribution is 7.13. The van der Waals surface area contributed by atoms with Gasteiger partial charge in [-0.2, -0.15) is 0 Å². The number of nitrogens with one attached hydrogen (secondary N) is 1. The summed E-state index contributed by atoms with van der Waals surface area (Å²) >= 11 is 1.33. The number of hydrogen-bond acceptors (Lipinski definition) is 4. The van der Waals surface area contributed by atoms with Crippen LogP contribution < -0.4 is 10.1 Å². The number of hydrogen-bond donors (Lipinski definition) is 1. The van der Waals surface area contributed by atoms with E-state index in [9.17, 15) is 13.6 Å². The third-order valence-corrected chi connectivity index (χ3v) is 5.42. The molecule has 1 aromatic heterocycles. The fourth-order valence-electron chi connectivity index (χ4n) is 2.88. The van der Waals surface area contributed by atoms with Crippen molar-refractivity contribution in [2.75, 3.05) is 5.32 Å². The van der Waals surface area contributed by atoms with E-state index >= 15 is 0 Å². The van der Waals surface area contributed by atoms with E-state index in [0.717, 1.165) is 29.3 Å². The monoisotopic (exact) mass is 436 g/mol. The van der Waals surface area contributed by atoms with Gasteiger partial charge in [0.15, 0.2) is 0 Å². The van der Waals surface area contributed by atoms with Crippen molar-refractivity contribution in [1.82, 2.24) is 4.98 Å². The topological polar surface area (TPSA) is 51.2 Å². The van der Waals surface area contributed by atoms with E-state index in [2.05, 4.69) is 10.3 Å². The zero-order valence-electron chi connectivity index (χ0n) is 16.6. The summed E-state index contributed by atoms with van der Waals surface area (Å²) in [5, 5.41) is 5.16. The predicted octanol–water partition coefficient (Wildman–Crippen LogP) is 6.23. The summed E-state index contributed by atoms with van der Waals surface area (Å²) in [7, 11) is 0. The van der Waals surface area contributed by atoms with Gasteiger partial charge in [0, 0.05) is 22.2 Å². The lowest BCUT2D eigenvalue weighted by molar-refractivity contribution is 0.102. The summed E-state index contributed by atoms with van der Waals surface area (Å²) in [5.41, 5.74) is 3.02. The molecule has 0 atom stereocenters. The summed E-state index contributed by atoms with van der Waals surface area (Å²) in [5.74, 6) is -0.850. The van der Waals surface area contributed by atoms with E-state index in [1.54, 1.807) is 23.6 Å². The van der Waals surface area contributed by atoms with Crippen LogP contribution in [0.1, 0.15) is 21.6 Å². The van der Waals surface area contributed by atoms with Gasteiger partial charge >= 0.3 is 0 Å². The van der Waals surface area contributed by atoms with Crippen LogP contribution in [-0.2, 0) is 6.61 Å². The van der Waals surface area contributed by atoms with Gasteiger partial charge in [-0.25, -0.2) is 13.8 Å². The van der Waals surface area contributed by atoms with Gasteiger partial charge in [-0.3, -0.25) is 4.79 Å². The van der Waals surface area contributed by atoms with Crippen LogP contribution in [0.15, 0.2) is 72.1 Å². The lowest BCUT2D eigenvalue weighted by atomic mass is 10.2. The van der Waals surface area contributed by atoms with E-state index in [1.807, 2.05) is 37.3 Å². The van der Waals surface area contributed by atoms with E-state index in [-0.39, 0.29) is 18.1 Å². The number of anilines is 1. The molecule has 0 saturated heterocycles. The van der Waals surface area contributed by atoms with Gasteiger partial charge in [-0.1, -0.05) is 29.8 Å². The van der Waals surface area contributed by atoms with Crippen LogP contribution in [0, 0.1) is 18.6 Å². The molecule has 0 radical (unpaired) electrons. The molecule has 0 aliphatic carbocycles. The van der Waals surface area contributed by atoms with Crippen molar-refractivity contribution < 1.29 is 18.3 Å². The SMILES string of the molecule is Cc1ccc(NC(=O)c2csc(-c3cccc(OCc4cc(F)ccc4F)c3)n2)cc1. The Balaban J connectivity index is 1.45. The van der Waals surface area contributed by atoms with Crippen molar-refractivity contribution in [2.24, 2.45) is 0 Å². The lowest BCUT2D eigenvalue weighted by Gasteiger charge is -2.08. The van der Waals surface area contributed by atoms with Crippen molar-refractivity contribution in [2.45, 2.75) is 13.5 Å². The number of carbonyl (C=O) groups excluding carboxylic acids is 1. The molecule has 1 N–H and O–H groups in total. The van der Waals surface area contributed by atoms with E-state index in [0.29, 0.717) is 22.1 Å². The smallest absolute Gasteiger partial charge is 0.275 e. The minimum atomic E-state index is -0.526. The number of halogens is 2. The Hall–Kier alpha value is -3.58. The van der Waals surface area contributed by atoms with Crippen LogP contribution in [0.3, 0.4) is 0 Å². The number of benzene rings is 3. The predicted molar refractivity (Wildman–Crippen MR) is 117 cm³/mol. The Bertz CT molecular complexity index is 1220. The minimum Gasteiger partial charge on any atom is -0.489 e. The Morgan fingerprint density at radius 1 is 1.06 bits per heavy atom. The summed E-state index contributed by atoms with van der Waals surface area (Å²) in [6.45, 7) is 1.87. The van der Waals surface area contributed by atoms with Gasteiger partial charge in [-0.05, 0) is 49.4 Å². The van der Waals surface area contributed by atoms with Crippen LogP contribution in [0.2, 0.25) is 0 Å². The fourth-order valence-corrected chi connectivity index (χ4v) is 3.67. The molecule has 0 unspecified atom stereocenters. The molecule has 1 amide bonds. The number of nitrogens with zero attached hydrogens (tertiary/aromatic N) is 1. The molecular weight excluding hydrogens is 418 g/mol. The molecule has 156 valence electrons. The summed E-state index contributed by atoms with van der Waals surface area (Å²) in [6, 6.07) is 17.8. The molecule has 4 rings (SSSR count). The highest BCUT2D eigenvalue weighted by atomic mass is 32.1. The van der Waals surface area contributed by atoms with Crippen molar-refractivity contribution in [3.8, 4) is 16.3 Å². The van der Waals surface area contributed by atoms with Crippen molar-refractivity contribution in [1.29, 1.82) is 0 Å². The standard InChI is InChI=1S/C24H18F2N2O2S/c1-15-5-8-19(9-6-15)27-23(29)22-14-31-24(28-22)16-3-2-4-20(12-16)30-13-17-11-18(25)7-10-21(17)26/h2-12,14H,13H2,1H3,(H,27,29). The highest BCUT2D eigenvalue weighted by Crippen LogP contribution is 2.28. The highest BCUT2D eigenvalue weighted by Gasteiger charge is 2.13. The quantitative estimate of drug-likeness (QED) is 0.390. The van der Waals surface area contributed by atoms with Crippen LogP contribution in [0.5, 0.6) is 5.75 Å². The molecule has 4 aromatic rings. The second-order valence-electron chi connectivity index (χ2n) is 6.91. The average molecular weight is 436 g/mol. The third kappa shape index (κ3) is 5.13. The van der Waals surface area contributed by atoms with Crippen molar-refractivity contribution in [3.63, 3.8) is 0 Å². The number of ether oxygens (including phenoxy) is 1. The lowest BCUT2D eigenvalue weighted by Crippen LogP contribution is -2.12. The molecule has 3 aromatic carbocycles. The second-order valence-corrected chi connectivity index (χ2v) is 7.77. The maximum Gasteiger partial charge on any atom is 0.275 e. The molecule has 0 fully saturated rings. The molecule has 7 heteroatoms. The maximum atomic E-state index is 13.8. The van der Waals surface area contributed by atoms with Gasteiger partial charge in [0.25, 0.3) is 5.91 Å². The molecule has 0 saturated carbocycles. The number of carbonyl (C=O) groups is 1. The maximum absolute atomic E-state index is 13.8. The summed E-state index contributed by atoms with van der Waals surface area (Å²) in [4.78, 5) is 16.9.